The van der Waals surface area contributed by atoms with Crippen LogP contribution in [0.1, 0.15) is 10.4 Å². The van der Waals surface area contributed by atoms with Gasteiger partial charge in [0.05, 0.1) is 23.8 Å². The van der Waals surface area contributed by atoms with Gasteiger partial charge in [-0.05, 0) is 12.1 Å². The molecule has 1 amide bonds. The third-order valence-corrected chi connectivity index (χ3v) is 2.68. The molecule has 0 spiro atoms. The van der Waals surface area contributed by atoms with Gasteiger partial charge in [-0.15, -0.1) is 0 Å². The number of carboxylic acids is 1. The zero-order valence-corrected chi connectivity index (χ0v) is 10.2. The number of carbonyl (C=O) groups excluding carboxylic acids is 1. The second-order valence-electron chi connectivity index (χ2n) is 3.86. The second kappa shape index (κ2) is 5.49. The van der Waals surface area contributed by atoms with Crippen LogP contribution in [0.4, 0.5) is 0 Å². The lowest BCUT2D eigenvalue weighted by Crippen LogP contribution is -2.37. The summed E-state index contributed by atoms with van der Waals surface area (Å²) in [4.78, 5) is 22.7. The monoisotopic (exact) mass is 263 g/mol. The molecule has 0 saturated carbocycles. The van der Waals surface area contributed by atoms with Gasteiger partial charge in [0, 0.05) is 13.3 Å². The van der Waals surface area contributed by atoms with E-state index in [1.165, 1.54) is 13.3 Å². The number of amides is 1. The molecule has 7 heteroatoms. The summed E-state index contributed by atoms with van der Waals surface area (Å²) < 4.78 is 6.30. The molecule has 2 rings (SSSR count). The highest BCUT2D eigenvalue weighted by Crippen LogP contribution is 2.09. The van der Waals surface area contributed by atoms with E-state index in [-0.39, 0.29) is 12.5 Å². The molecular weight excluding hydrogens is 250 g/mol. The minimum Gasteiger partial charge on any atom is -0.479 e. The summed E-state index contributed by atoms with van der Waals surface area (Å²) in [6.07, 6.45) is 2.10. The van der Waals surface area contributed by atoms with Gasteiger partial charge in [0.25, 0.3) is 5.91 Å². The molecule has 2 N–H and O–H groups in total. The van der Waals surface area contributed by atoms with Crippen molar-refractivity contribution in [2.24, 2.45) is 0 Å². The third-order valence-electron chi connectivity index (χ3n) is 2.68. The Bertz CT molecular complexity index is 608. The number of aromatic nitrogens is 2. The fraction of sp³-hybridized carbons (Fsp3) is 0.250. The first-order valence-corrected chi connectivity index (χ1v) is 5.59. The summed E-state index contributed by atoms with van der Waals surface area (Å²) >= 11 is 0. The number of hydrogen-bond acceptors (Lipinski definition) is 4. The Morgan fingerprint density at radius 3 is 3.00 bits per heavy atom. The summed E-state index contributed by atoms with van der Waals surface area (Å²) in [6.45, 7) is -0.102. The van der Waals surface area contributed by atoms with Crippen LogP contribution in [0, 0.1) is 0 Å². The van der Waals surface area contributed by atoms with E-state index in [0.29, 0.717) is 11.1 Å². The highest BCUT2D eigenvalue weighted by molar-refractivity contribution is 6.00. The Kier molecular flexibility index (Phi) is 3.76. The van der Waals surface area contributed by atoms with Crippen LogP contribution in [0.25, 0.3) is 5.52 Å². The lowest BCUT2D eigenvalue weighted by atomic mass is 10.2. The number of aliphatic carboxylic acids is 1. The Morgan fingerprint density at radius 1 is 1.53 bits per heavy atom. The Balaban J connectivity index is 2.10. The predicted octanol–water partition coefficient (Wildman–Crippen LogP) is 0.164. The molecule has 0 bridgehead atoms. The maximum Gasteiger partial charge on any atom is 0.334 e. The van der Waals surface area contributed by atoms with Crippen molar-refractivity contribution in [3.05, 3.63) is 36.2 Å². The van der Waals surface area contributed by atoms with Gasteiger partial charge in [0.15, 0.2) is 6.10 Å². The van der Waals surface area contributed by atoms with Crippen LogP contribution in [0.5, 0.6) is 0 Å². The Hall–Kier alpha value is -2.41. The topological polar surface area (TPSA) is 92.9 Å². The maximum absolute atomic E-state index is 11.9. The molecule has 100 valence electrons. The van der Waals surface area contributed by atoms with Gasteiger partial charge in [-0.1, -0.05) is 6.07 Å². The van der Waals surface area contributed by atoms with Crippen molar-refractivity contribution in [1.82, 2.24) is 14.9 Å². The van der Waals surface area contributed by atoms with E-state index in [1.54, 1.807) is 28.9 Å². The number of rotatable bonds is 5. The van der Waals surface area contributed by atoms with Crippen molar-refractivity contribution < 1.29 is 19.4 Å². The molecule has 0 radical (unpaired) electrons. The average molecular weight is 263 g/mol. The highest BCUT2D eigenvalue weighted by Gasteiger charge is 2.19. The zero-order chi connectivity index (χ0) is 13.8. The van der Waals surface area contributed by atoms with E-state index in [4.69, 9.17) is 9.84 Å². The minimum absolute atomic E-state index is 0.102. The average Bonchev–Trinajstić information content (AvgIpc) is 2.82. The Labute approximate surface area is 108 Å². The molecular formula is C12H13N3O4. The number of ether oxygens (including phenoxy) is 1. The molecule has 2 aromatic rings. The quantitative estimate of drug-likeness (QED) is 0.801. The molecule has 0 aliphatic heterocycles. The van der Waals surface area contributed by atoms with Crippen molar-refractivity contribution in [2.45, 2.75) is 6.10 Å². The van der Waals surface area contributed by atoms with Crippen molar-refractivity contribution >= 4 is 17.4 Å². The van der Waals surface area contributed by atoms with Gasteiger partial charge >= 0.3 is 5.97 Å². The van der Waals surface area contributed by atoms with E-state index in [9.17, 15) is 9.59 Å². The van der Waals surface area contributed by atoms with Gasteiger partial charge in [0.1, 0.15) is 0 Å². The standard InChI is InChI=1S/C12H13N3O4/c1-19-10(12(17)18)7-13-11(16)8-6-14-15-5-3-2-4-9(8)15/h2-6,10H,7H2,1H3,(H,13,16)(H,17,18). The summed E-state index contributed by atoms with van der Waals surface area (Å²) in [5.41, 5.74) is 1.05. The third kappa shape index (κ3) is 2.71. The van der Waals surface area contributed by atoms with Gasteiger partial charge in [-0.2, -0.15) is 5.10 Å². The molecule has 0 aliphatic carbocycles. The summed E-state index contributed by atoms with van der Waals surface area (Å²) in [5.74, 6) is -1.51. The number of methoxy groups -OCH3 is 1. The van der Waals surface area contributed by atoms with Crippen LogP contribution in [-0.2, 0) is 9.53 Å². The van der Waals surface area contributed by atoms with Crippen molar-refractivity contribution in [3.8, 4) is 0 Å². The zero-order valence-electron chi connectivity index (χ0n) is 10.2. The largest absolute Gasteiger partial charge is 0.479 e. The first kappa shape index (κ1) is 13.0. The summed E-state index contributed by atoms with van der Waals surface area (Å²) in [6, 6.07) is 5.35. The number of nitrogens with one attached hydrogen (secondary N) is 1. The predicted molar refractivity (Wildman–Crippen MR) is 66.0 cm³/mol. The van der Waals surface area contributed by atoms with Gasteiger partial charge < -0.3 is 15.2 Å². The normalized spacial score (nSPS) is 12.3. The minimum atomic E-state index is -1.12. The Morgan fingerprint density at radius 2 is 2.32 bits per heavy atom. The van der Waals surface area contributed by atoms with Crippen LogP contribution in [0.3, 0.4) is 0 Å². The molecule has 2 aromatic heterocycles. The van der Waals surface area contributed by atoms with E-state index >= 15 is 0 Å². The molecule has 2 heterocycles. The van der Waals surface area contributed by atoms with Crippen molar-refractivity contribution in [1.29, 1.82) is 0 Å². The fourth-order valence-electron chi connectivity index (χ4n) is 1.66. The molecule has 1 unspecified atom stereocenters. The number of carboxylic acid groups (broad SMARTS) is 1. The SMILES string of the molecule is COC(CNC(=O)c1cnn2ccccc12)C(=O)O. The summed E-state index contributed by atoms with van der Waals surface area (Å²) in [5, 5.41) is 15.3. The van der Waals surface area contributed by atoms with E-state index in [1.807, 2.05) is 0 Å². The van der Waals surface area contributed by atoms with Crippen LogP contribution in [-0.4, -0.2) is 46.4 Å². The lowest BCUT2D eigenvalue weighted by molar-refractivity contribution is -0.147. The van der Waals surface area contributed by atoms with Gasteiger partial charge in [-0.3, -0.25) is 4.79 Å². The highest BCUT2D eigenvalue weighted by atomic mass is 16.5. The molecule has 1 atom stereocenters. The molecule has 0 saturated heterocycles. The number of fused-ring (bicyclic) bond motifs is 1. The van der Waals surface area contributed by atoms with Crippen LogP contribution < -0.4 is 5.32 Å². The number of nitrogens with zero attached hydrogens (tertiary/aromatic N) is 2. The van der Waals surface area contributed by atoms with Crippen LogP contribution >= 0.6 is 0 Å². The molecule has 7 nitrogen and oxygen atoms in total. The van der Waals surface area contributed by atoms with Gasteiger partial charge in [0.2, 0.25) is 0 Å². The number of hydrogen-bond donors (Lipinski definition) is 2. The van der Waals surface area contributed by atoms with Crippen molar-refractivity contribution in [3.63, 3.8) is 0 Å². The van der Waals surface area contributed by atoms with Crippen molar-refractivity contribution in [2.75, 3.05) is 13.7 Å². The summed E-state index contributed by atoms with van der Waals surface area (Å²) in [7, 11) is 1.28. The number of pyridine rings is 1. The lowest BCUT2D eigenvalue weighted by Gasteiger charge is -2.10. The van der Waals surface area contributed by atoms with Crippen LogP contribution in [0.15, 0.2) is 30.6 Å². The smallest absolute Gasteiger partial charge is 0.334 e. The fourth-order valence-corrected chi connectivity index (χ4v) is 1.66. The second-order valence-corrected chi connectivity index (χ2v) is 3.86. The van der Waals surface area contributed by atoms with E-state index in [0.717, 1.165) is 0 Å². The first-order valence-electron chi connectivity index (χ1n) is 5.59. The molecule has 0 aromatic carbocycles. The first-order chi connectivity index (χ1) is 9.13. The molecule has 0 aliphatic rings. The van der Waals surface area contributed by atoms with Crippen LogP contribution in [0.2, 0.25) is 0 Å². The van der Waals surface area contributed by atoms with Gasteiger partial charge in [-0.25, -0.2) is 9.31 Å². The van der Waals surface area contributed by atoms with E-state index in [2.05, 4.69) is 10.4 Å². The van der Waals surface area contributed by atoms with E-state index < -0.39 is 12.1 Å². The molecule has 0 fully saturated rings. The maximum atomic E-state index is 11.9. The number of carbonyl (C=O) groups is 2. The molecule has 19 heavy (non-hydrogen) atoms.